The van der Waals surface area contributed by atoms with Crippen LogP contribution in [0.4, 0.5) is 0 Å². The zero-order valence-corrected chi connectivity index (χ0v) is 16.7. The van der Waals surface area contributed by atoms with Gasteiger partial charge in [0, 0.05) is 12.1 Å². The molecule has 1 fully saturated rings. The first-order valence-electron chi connectivity index (χ1n) is 8.92. The van der Waals surface area contributed by atoms with Gasteiger partial charge in [-0.1, -0.05) is 31.0 Å². The fraction of sp³-hybridized carbons (Fsp3) is 0.588. The molecule has 27 heavy (non-hydrogen) atoms. The molecule has 2 rings (SSSR count). The fourth-order valence-corrected chi connectivity index (χ4v) is 5.94. The number of carbonyl (C=O) groups is 1. The first kappa shape index (κ1) is 22.0. The topological polar surface area (TPSA) is 130 Å². The van der Waals surface area contributed by atoms with Crippen LogP contribution in [0, 0.1) is 5.92 Å². The van der Waals surface area contributed by atoms with E-state index in [4.69, 9.17) is 9.79 Å². The van der Waals surface area contributed by atoms with Crippen LogP contribution in [-0.4, -0.2) is 48.3 Å². The summed E-state index contributed by atoms with van der Waals surface area (Å²) in [5.74, 6) is -0.719. The van der Waals surface area contributed by atoms with Gasteiger partial charge in [-0.15, -0.1) is 0 Å². The maximum absolute atomic E-state index is 12.4. The summed E-state index contributed by atoms with van der Waals surface area (Å²) in [7, 11) is -8.36. The lowest BCUT2D eigenvalue weighted by atomic mass is 10.1. The monoisotopic (exact) mass is 419 g/mol. The molecular weight excluding hydrogens is 393 g/mol. The van der Waals surface area contributed by atoms with Crippen molar-refractivity contribution in [1.82, 2.24) is 5.32 Å². The lowest BCUT2D eigenvalue weighted by molar-refractivity contribution is 0.0944. The van der Waals surface area contributed by atoms with Gasteiger partial charge in [-0.2, -0.15) is 0 Å². The molecule has 0 saturated heterocycles. The van der Waals surface area contributed by atoms with Crippen LogP contribution in [0.15, 0.2) is 30.3 Å². The van der Waals surface area contributed by atoms with Crippen LogP contribution in [0.5, 0.6) is 0 Å². The van der Waals surface area contributed by atoms with Crippen molar-refractivity contribution in [2.24, 2.45) is 5.92 Å². The van der Waals surface area contributed by atoms with Gasteiger partial charge in [0.15, 0.2) is 9.84 Å². The first-order valence-corrected chi connectivity index (χ1v) is 12.3. The Hall–Kier alpha value is -1.25. The van der Waals surface area contributed by atoms with Crippen molar-refractivity contribution in [3.05, 3.63) is 35.9 Å². The second kappa shape index (κ2) is 9.80. The van der Waals surface area contributed by atoms with E-state index in [0.29, 0.717) is 5.56 Å². The fourth-order valence-electron chi connectivity index (χ4n) is 3.29. The molecule has 1 aromatic rings. The molecule has 0 bridgehead atoms. The average Bonchev–Trinajstić information content (AvgIpc) is 3.05. The van der Waals surface area contributed by atoms with Crippen LogP contribution >= 0.6 is 7.82 Å². The Labute approximate surface area is 159 Å². The Morgan fingerprint density at radius 1 is 1.22 bits per heavy atom. The number of hydrogen-bond donors (Lipinski definition) is 3. The zero-order valence-electron chi connectivity index (χ0n) is 15.0. The summed E-state index contributed by atoms with van der Waals surface area (Å²) in [6.45, 7) is 0.0390. The number of sulfone groups is 1. The first-order chi connectivity index (χ1) is 12.6. The van der Waals surface area contributed by atoms with Gasteiger partial charge in [-0.3, -0.25) is 9.32 Å². The standard InChI is InChI=1S/C17H26NO7PS/c19-17(15-8-2-1-3-9-15)18-11-10-16(25-26(20,21)22)13-27(23,24)12-14-6-4-5-7-14/h1-3,8-9,14,16H,4-7,10-13H2,(H,18,19)(H2,20,21,22). The average molecular weight is 419 g/mol. The van der Waals surface area contributed by atoms with E-state index in [1.165, 1.54) is 0 Å². The van der Waals surface area contributed by atoms with E-state index in [-0.39, 0.29) is 30.5 Å². The Bertz CT molecular complexity index is 757. The second-order valence-corrected chi connectivity index (χ2v) is 10.2. The number of phosphoric acid groups is 1. The number of nitrogens with one attached hydrogen (secondary N) is 1. The van der Waals surface area contributed by atoms with Gasteiger partial charge >= 0.3 is 7.82 Å². The molecule has 1 aliphatic rings. The van der Waals surface area contributed by atoms with Crippen LogP contribution in [0.3, 0.4) is 0 Å². The zero-order chi connectivity index (χ0) is 19.9. The van der Waals surface area contributed by atoms with Crippen molar-refractivity contribution in [2.45, 2.75) is 38.2 Å². The predicted octanol–water partition coefficient (Wildman–Crippen LogP) is 1.89. The van der Waals surface area contributed by atoms with Crippen LogP contribution < -0.4 is 5.32 Å². The summed E-state index contributed by atoms with van der Waals surface area (Å²) in [5.41, 5.74) is 0.443. The quantitative estimate of drug-likeness (QED) is 0.494. The lowest BCUT2D eigenvalue weighted by Gasteiger charge is -2.19. The molecule has 1 saturated carbocycles. The summed E-state index contributed by atoms with van der Waals surface area (Å²) in [5, 5.41) is 2.61. The van der Waals surface area contributed by atoms with Gasteiger partial charge in [0.05, 0.1) is 17.6 Å². The van der Waals surface area contributed by atoms with E-state index in [9.17, 15) is 17.8 Å². The van der Waals surface area contributed by atoms with E-state index < -0.39 is 29.5 Å². The van der Waals surface area contributed by atoms with Crippen molar-refractivity contribution in [1.29, 1.82) is 0 Å². The van der Waals surface area contributed by atoms with Gasteiger partial charge < -0.3 is 15.1 Å². The van der Waals surface area contributed by atoms with Gasteiger partial charge in [0.1, 0.15) is 0 Å². The molecule has 0 aliphatic heterocycles. The molecule has 0 heterocycles. The van der Waals surface area contributed by atoms with Gasteiger partial charge in [-0.25, -0.2) is 13.0 Å². The molecule has 8 nitrogen and oxygen atoms in total. The smallest absolute Gasteiger partial charge is 0.352 e. The summed E-state index contributed by atoms with van der Waals surface area (Å²) < 4.78 is 40.6. The molecule has 1 aliphatic carbocycles. The number of benzene rings is 1. The molecule has 1 unspecified atom stereocenters. The molecule has 0 radical (unpaired) electrons. The molecule has 0 spiro atoms. The lowest BCUT2D eigenvalue weighted by Crippen LogP contribution is -2.32. The van der Waals surface area contributed by atoms with Crippen molar-refractivity contribution in [2.75, 3.05) is 18.1 Å². The number of phosphoric ester groups is 1. The highest BCUT2D eigenvalue weighted by molar-refractivity contribution is 7.91. The Morgan fingerprint density at radius 2 is 1.85 bits per heavy atom. The molecule has 1 aromatic carbocycles. The Morgan fingerprint density at radius 3 is 2.44 bits per heavy atom. The van der Waals surface area contributed by atoms with Gasteiger partial charge in [0.2, 0.25) is 0 Å². The minimum absolute atomic E-state index is 0.00436. The third-order valence-electron chi connectivity index (χ3n) is 4.48. The summed E-state index contributed by atoms with van der Waals surface area (Å²) in [6, 6.07) is 8.46. The van der Waals surface area contributed by atoms with Gasteiger partial charge in [-0.05, 0) is 37.3 Å². The van der Waals surface area contributed by atoms with E-state index in [2.05, 4.69) is 9.84 Å². The van der Waals surface area contributed by atoms with Crippen LogP contribution in [0.25, 0.3) is 0 Å². The molecule has 10 heteroatoms. The number of rotatable bonds is 10. The van der Waals surface area contributed by atoms with E-state index >= 15 is 0 Å². The van der Waals surface area contributed by atoms with E-state index in [1.54, 1.807) is 30.3 Å². The highest BCUT2D eigenvalue weighted by atomic mass is 32.2. The van der Waals surface area contributed by atoms with E-state index in [1.807, 2.05) is 0 Å². The number of hydrogen-bond acceptors (Lipinski definition) is 5. The third kappa shape index (κ3) is 8.53. The Kier molecular flexibility index (Phi) is 8.00. The molecule has 1 amide bonds. The maximum atomic E-state index is 12.4. The normalized spacial score (nSPS) is 17.0. The van der Waals surface area contributed by atoms with Crippen molar-refractivity contribution in [3.8, 4) is 0 Å². The van der Waals surface area contributed by atoms with Crippen LogP contribution in [0.2, 0.25) is 0 Å². The Balaban J connectivity index is 1.91. The maximum Gasteiger partial charge on any atom is 0.469 e. The van der Waals surface area contributed by atoms with E-state index in [0.717, 1.165) is 25.7 Å². The number of carbonyl (C=O) groups excluding carboxylic acids is 1. The van der Waals surface area contributed by atoms with Crippen LogP contribution in [0.1, 0.15) is 42.5 Å². The van der Waals surface area contributed by atoms with Crippen LogP contribution in [-0.2, 0) is 18.9 Å². The SMILES string of the molecule is O=C(NCCC(CS(=O)(=O)CC1CCCC1)OP(=O)(O)O)c1ccccc1. The molecule has 1 atom stereocenters. The van der Waals surface area contributed by atoms with Crippen molar-refractivity contribution >= 4 is 23.6 Å². The predicted molar refractivity (Wildman–Crippen MR) is 101 cm³/mol. The summed E-state index contributed by atoms with van der Waals surface area (Å²) >= 11 is 0. The van der Waals surface area contributed by atoms with Gasteiger partial charge in [0.25, 0.3) is 5.91 Å². The second-order valence-electron chi connectivity index (χ2n) is 6.86. The summed E-state index contributed by atoms with van der Waals surface area (Å²) in [6.07, 6.45) is 2.52. The number of amides is 1. The summed E-state index contributed by atoms with van der Waals surface area (Å²) in [4.78, 5) is 30.1. The molecule has 0 aromatic heterocycles. The molecule has 3 N–H and O–H groups in total. The molecule has 152 valence electrons. The highest BCUT2D eigenvalue weighted by Gasteiger charge is 2.29. The van der Waals surface area contributed by atoms with Crippen molar-refractivity contribution < 1.29 is 32.1 Å². The molecular formula is C17H26NO7PS. The minimum Gasteiger partial charge on any atom is -0.352 e. The largest absolute Gasteiger partial charge is 0.469 e. The highest BCUT2D eigenvalue weighted by Crippen LogP contribution is 2.38. The minimum atomic E-state index is -4.84. The van der Waals surface area contributed by atoms with Crippen molar-refractivity contribution in [3.63, 3.8) is 0 Å². The third-order valence-corrected chi connectivity index (χ3v) is 6.91.